The summed E-state index contributed by atoms with van der Waals surface area (Å²) >= 11 is 1.82. The average Bonchev–Trinajstić information content (AvgIpc) is 2.77. The number of benzene rings is 2. The Morgan fingerprint density at radius 1 is 1.12 bits per heavy atom. The number of pyridine rings is 1. The van der Waals surface area contributed by atoms with Crippen LogP contribution in [0.4, 0.5) is 0 Å². The van der Waals surface area contributed by atoms with E-state index in [0.29, 0.717) is 27.0 Å². The molecule has 0 atom stereocenters. The van der Waals surface area contributed by atoms with Crippen LogP contribution in [0.3, 0.4) is 0 Å². The zero-order valence-electron chi connectivity index (χ0n) is 17.8. The highest BCUT2D eigenvalue weighted by Gasteiger charge is 2.33. The summed E-state index contributed by atoms with van der Waals surface area (Å²) in [5, 5.41) is 26.9. The lowest BCUT2D eigenvalue weighted by Gasteiger charge is -2.22. The molecule has 0 unspecified atom stereocenters. The van der Waals surface area contributed by atoms with E-state index in [-0.39, 0.29) is 16.9 Å². The molecule has 168 valence electrons. The Balaban J connectivity index is 1.91. The molecule has 0 saturated carbocycles. The molecule has 9 heteroatoms. The number of carbonyl (C=O) groups excluding carboxylic acids is 2. The number of fused-ring (bicyclic) bond motifs is 1. The van der Waals surface area contributed by atoms with Gasteiger partial charge in [0.2, 0.25) is 5.75 Å². The van der Waals surface area contributed by atoms with Gasteiger partial charge in [0.15, 0.2) is 0 Å². The number of amides is 1. The minimum Gasteiger partial charge on any atom is -0.617 e. The van der Waals surface area contributed by atoms with E-state index in [9.17, 15) is 19.9 Å². The fourth-order valence-electron chi connectivity index (χ4n) is 3.00. The van der Waals surface area contributed by atoms with Crippen molar-refractivity contribution in [2.45, 2.75) is 20.8 Å². The van der Waals surface area contributed by atoms with Crippen molar-refractivity contribution in [1.29, 1.82) is 0 Å². The van der Waals surface area contributed by atoms with E-state index in [2.05, 4.69) is 5.32 Å². The van der Waals surface area contributed by atoms with Gasteiger partial charge < -0.3 is 25.1 Å². The van der Waals surface area contributed by atoms with Crippen LogP contribution in [0.2, 0.25) is 0 Å². The largest absolute Gasteiger partial charge is 0.617 e. The molecule has 0 fully saturated rings. The quantitative estimate of drug-likeness (QED) is 0.152. The molecular weight excluding hydrogens is 527 g/mol. The average molecular weight is 550 g/mol. The van der Waals surface area contributed by atoms with Gasteiger partial charge in [-0.15, -0.1) is 0 Å². The first-order valence-corrected chi connectivity index (χ1v) is 11.0. The van der Waals surface area contributed by atoms with Crippen molar-refractivity contribution in [3.63, 3.8) is 0 Å². The van der Waals surface area contributed by atoms with Crippen molar-refractivity contribution in [3.05, 3.63) is 63.1 Å². The number of para-hydroxylation sites is 1. The van der Waals surface area contributed by atoms with Gasteiger partial charge in [-0.2, -0.15) is 4.73 Å². The van der Waals surface area contributed by atoms with Crippen molar-refractivity contribution >= 4 is 45.2 Å². The number of nitrogens with one attached hydrogen (secondary N) is 1. The first-order chi connectivity index (χ1) is 15.2. The summed E-state index contributed by atoms with van der Waals surface area (Å²) in [6.45, 7) is 5.08. The highest BCUT2D eigenvalue weighted by Crippen LogP contribution is 2.33. The van der Waals surface area contributed by atoms with E-state index in [1.807, 2.05) is 40.8 Å². The maximum Gasteiger partial charge on any atom is 0.325 e. The van der Waals surface area contributed by atoms with Crippen molar-refractivity contribution in [2.75, 3.05) is 13.2 Å². The summed E-state index contributed by atoms with van der Waals surface area (Å²) in [5.41, 5.74) is -1.44. The monoisotopic (exact) mass is 550 g/mol. The number of halogens is 1. The molecule has 0 aliphatic carbocycles. The van der Waals surface area contributed by atoms with Crippen molar-refractivity contribution < 1.29 is 28.9 Å². The molecule has 0 radical (unpaired) electrons. The number of ether oxygens (including phenoxy) is 2. The van der Waals surface area contributed by atoms with Crippen LogP contribution in [-0.2, 0) is 9.53 Å². The Kier molecular flexibility index (Phi) is 7.07. The number of esters is 1. The third-order valence-corrected chi connectivity index (χ3v) is 5.81. The summed E-state index contributed by atoms with van der Waals surface area (Å²) in [5.74, 6) is -0.610. The Morgan fingerprint density at radius 3 is 2.47 bits per heavy atom. The number of hydrogen-bond donors (Lipinski definition) is 2. The van der Waals surface area contributed by atoms with E-state index in [4.69, 9.17) is 9.47 Å². The first kappa shape index (κ1) is 23.6. The maximum absolute atomic E-state index is 12.8. The van der Waals surface area contributed by atoms with Crippen LogP contribution >= 0.6 is 22.6 Å². The first-order valence-electron chi connectivity index (χ1n) is 9.91. The number of rotatable bonds is 7. The molecule has 0 aliphatic heterocycles. The highest BCUT2D eigenvalue weighted by atomic mass is 127. The molecule has 2 N–H and O–H groups in total. The van der Waals surface area contributed by atoms with Crippen LogP contribution in [0.15, 0.2) is 48.5 Å². The van der Waals surface area contributed by atoms with Gasteiger partial charge in [-0.1, -0.05) is 18.2 Å². The molecular formula is C23H23IN2O6. The second kappa shape index (κ2) is 9.60. The molecule has 1 aromatic heterocycles. The smallest absolute Gasteiger partial charge is 0.325 e. The molecule has 0 bridgehead atoms. The third kappa shape index (κ3) is 4.87. The van der Waals surface area contributed by atoms with Gasteiger partial charge in [0.1, 0.15) is 11.5 Å². The predicted octanol–water partition coefficient (Wildman–Crippen LogP) is 3.89. The van der Waals surface area contributed by atoms with E-state index in [1.54, 1.807) is 51.1 Å². The number of aromatic nitrogens is 1. The van der Waals surface area contributed by atoms with Gasteiger partial charge in [0.05, 0.1) is 17.4 Å². The summed E-state index contributed by atoms with van der Waals surface area (Å²) < 4.78 is 11.4. The fraction of sp³-hybridized carbons (Fsp3) is 0.261. The molecule has 0 aliphatic rings. The summed E-state index contributed by atoms with van der Waals surface area (Å²) in [4.78, 5) is 24.8. The second-order valence-corrected chi connectivity index (χ2v) is 8.71. The van der Waals surface area contributed by atoms with Gasteiger partial charge in [0, 0.05) is 34.5 Å². The minimum atomic E-state index is -0.997. The van der Waals surface area contributed by atoms with Crippen LogP contribution in [0.5, 0.6) is 17.2 Å². The Hall–Kier alpha value is -3.08. The van der Waals surface area contributed by atoms with Crippen LogP contribution in [0.1, 0.15) is 31.3 Å². The highest BCUT2D eigenvalue weighted by molar-refractivity contribution is 14.1. The standard InChI is InChI=1S/C23H23IN2O6/c1-4-31-22(29)23(2,3)13-25-21(28)18-19(27)16-11-10-15(12-17(16)20(24)26(18)30)32-14-8-6-5-7-9-14/h5-12,27H,4,13H2,1-3H3,(H,25,28). The lowest BCUT2D eigenvalue weighted by atomic mass is 9.93. The lowest BCUT2D eigenvalue weighted by molar-refractivity contribution is -0.620. The Morgan fingerprint density at radius 2 is 1.81 bits per heavy atom. The van der Waals surface area contributed by atoms with E-state index < -0.39 is 28.7 Å². The van der Waals surface area contributed by atoms with Gasteiger partial charge in [0.25, 0.3) is 3.70 Å². The zero-order valence-corrected chi connectivity index (χ0v) is 20.0. The van der Waals surface area contributed by atoms with Crippen molar-refractivity contribution in [3.8, 4) is 17.2 Å². The van der Waals surface area contributed by atoms with Crippen LogP contribution in [0.25, 0.3) is 10.8 Å². The van der Waals surface area contributed by atoms with E-state index in [1.165, 1.54) is 0 Å². The molecule has 3 rings (SSSR count). The number of carbonyl (C=O) groups is 2. The van der Waals surface area contributed by atoms with Gasteiger partial charge in [-0.3, -0.25) is 9.59 Å². The molecule has 0 saturated heterocycles. The predicted molar refractivity (Wildman–Crippen MR) is 127 cm³/mol. The topological polar surface area (TPSA) is 112 Å². The van der Waals surface area contributed by atoms with Crippen molar-refractivity contribution in [1.82, 2.24) is 5.32 Å². The maximum atomic E-state index is 12.8. The fourth-order valence-corrected chi connectivity index (χ4v) is 3.69. The molecule has 32 heavy (non-hydrogen) atoms. The van der Waals surface area contributed by atoms with Crippen LogP contribution < -0.4 is 14.8 Å². The number of aromatic hydroxyl groups is 1. The summed E-state index contributed by atoms with van der Waals surface area (Å²) in [6, 6.07) is 14.0. The van der Waals surface area contributed by atoms with E-state index in [0.717, 1.165) is 0 Å². The van der Waals surface area contributed by atoms with Crippen LogP contribution in [0, 0.1) is 14.3 Å². The number of nitrogens with zero attached hydrogens (tertiary/aromatic N) is 1. The third-order valence-electron chi connectivity index (χ3n) is 4.79. The number of hydrogen-bond acceptors (Lipinski definition) is 6. The molecule has 2 aromatic carbocycles. The van der Waals surface area contributed by atoms with Crippen molar-refractivity contribution in [2.24, 2.45) is 5.41 Å². The van der Waals surface area contributed by atoms with E-state index >= 15 is 0 Å². The molecule has 3 aromatic rings. The van der Waals surface area contributed by atoms with Gasteiger partial charge in [-0.25, -0.2) is 0 Å². The minimum absolute atomic E-state index is 0.0669. The normalized spacial score (nSPS) is 11.2. The SMILES string of the molecule is CCOC(=O)C(C)(C)CNC(=O)c1c(O)c2ccc(Oc3ccccc3)cc2c(I)[n+]1[O-]. The Bertz CT molecular complexity index is 1160. The van der Waals surface area contributed by atoms with Gasteiger partial charge in [-0.05, 0) is 51.1 Å². The second-order valence-electron chi connectivity index (χ2n) is 7.69. The summed E-state index contributed by atoms with van der Waals surface area (Å²) in [6.07, 6.45) is 0. The molecule has 1 heterocycles. The molecule has 8 nitrogen and oxygen atoms in total. The Labute approximate surface area is 198 Å². The zero-order chi connectivity index (χ0) is 23.5. The lowest BCUT2D eigenvalue weighted by Crippen LogP contribution is -2.46. The van der Waals surface area contributed by atoms with Gasteiger partial charge >= 0.3 is 17.6 Å². The molecule has 0 spiro atoms. The summed E-state index contributed by atoms with van der Waals surface area (Å²) in [7, 11) is 0. The van der Waals surface area contributed by atoms with Crippen LogP contribution in [-0.4, -0.2) is 30.1 Å². The molecule has 1 amide bonds.